The van der Waals surface area contributed by atoms with E-state index in [0.717, 1.165) is 41.0 Å². The van der Waals surface area contributed by atoms with Crippen molar-refractivity contribution >= 4 is 34.7 Å². The molecule has 3 rings (SSSR count). The van der Waals surface area contributed by atoms with E-state index in [2.05, 4.69) is 10.8 Å². The largest absolute Gasteiger partial charge is 0.496 e. The first-order valence-corrected chi connectivity index (χ1v) is 9.07. The summed E-state index contributed by atoms with van der Waals surface area (Å²) in [5, 5.41) is -0.335. The third-order valence-corrected chi connectivity index (χ3v) is 5.26. The molecule has 0 spiro atoms. The Morgan fingerprint density at radius 1 is 1.28 bits per heavy atom. The Kier molecular flexibility index (Phi) is 5.34. The average molecular weight is 356 g/mol. The molecular formula is C19H20N2O3S. The fourth-order valence-corrected chi connectivity index (χ4v) is 3.87. The van der Waals surface area contributed by atoms with Gasteiger partial charge in [0.2, 0.25) is 0 Å². The van der Waals surface area contributed by atoms with Crippen LogP contribution in [0, 0.1) is 12.3 Å². The van der Waals surface area contributed by atoms with Gasteiger partial charge in [0, 0.05) is 30.4 Å². The van der Waals surface area contributed by atoms with Crippen LogP contribution in [0.25, 0.3) is 6.08 Å². The molecule has 0 aromatic heterocycles. The molecule has 0 unspecified atom stereocenters. The second kappa shape index (κ2) is 7.66. The number of thioether (sulfide) groups is 1. The molecule has 130 valence electrons. The van der Waals surface area contributed by atoms with Crippen molar-refractivity contribution in [3.05, 3.63) is 28.7 Å². The van der Waals surface area contributed by atoms with E-state index >= 15 is 0 Å². The van der Waals surface area contributed by atoms with Gasteiger partial charge in [-0.1, -0.05) is 5.92 Å². The Bertz CT molecular complexity index is 760. The van der Waals surface area contributed by atoms with Crippen LogP contribution < -0.4 is 9.64 Å². The maximum atomic E-state index is 12.3. The second-order valence-electron chi connectivity index (χ2n) is 5.95. The normalized spacial score (nSPS) is 19.4. The number of anilines is 1. The van der Waals surface area contributed by atoms with Crippen LogP contribution in [0.15, 0.2) is 23.1 Å². The van der Waals surface area contributed by atoms with Gasteiger partial charge in [-0.15, -0.1) is 6.42 Å². The molecule has 5 nitrogen and oxygen atoms in total. The molecule has 2 fully saturated rings. The molecule has 0 atom stereocenters. The maximum absolute atomic E-state index is 12.3. The van der Waals surface area contributed by atoms with Gasteiger partial charge in [-0.25, -0.2) is 0 Å². The number of amides is 2. The summed E-state index contributed by atoms with van der Waals surface area (Å²) in [6, 6.07) is 5.95. The van der Waals surface area contributed by atoms with Crippen LogP contribution in [0.5, 0.6) is 5.75 Å². The van der Waals surface area contributed by atoms with E-state index in [9.17, 15) is 9.59 Å². The van der Waals surface area contributed by atoms with Crippen molar-refractivity contribution < 1.29 is 14.3 Å². The highest BCUT2D eigenvalue weighted by atomic mass is 32.2. The number of carbonyl (C=O) groups excluding carboxylic acids is 2. The number of benzene rings is 1. The van der Waals surface area contributed by atoms with E-state index in [1.807, 2.05) is 18.2 Å². The van der Waals surface area contributed by atoms with E-state index in [4.69, 9.17) is 11.2 Å². The molecule has 1 aromatic carbocycles. The molecule has 2 saturated heterocycles. The zero-order valence-electron chi connectivity index (χ0n) is 14.2. The third kappa shape index (κ3) is 3.67. The SMILES string of the molecule is C#CCN1C(=O)S/C(=C\c2ccc(N3CCCCC3)cc2OC)C1=O. The second-order valence-corrected chi connectivity index (χ2v) is 6.94. The smallest absolute Gasteiger partial charge is 0.294 e. The quantitative estimate of drug-likeness (QED) is 0.612. The molecule has 0 saturated carbocycles. The van der Waals surface area contributed by atoms with Crippen molar-refractivity contribution in [3.63, 3.8) is 0 Å². The highest BCUT2D eigenvalue weighted by Gasteiger charge is 2.34. The summed E-state index contributed by atoms with van der Waals surface area (Å²) in [5.74, 6) is 2.67. The lowest BCUT2D eigenvalue weighted by Crippen LogP contribution is -2.29. The van der Waals surface area contributed by atoms with Gasteiger partial charge in [0.15, 0.2) is 0 Å². The van der Waals surface area contributed by atoms with Crippen LogP contribution in [-0.4, -0.2) is 42.8 Å². The number of hydrogen-bond donors (Lipinski definition) is 0. The number of hydrogen-bond acceptors (Lipinski definition) is 5. The van der Waals surface area contributed by atoms with Crippen molar-refractivity contribution in [3.8, 4) is 18.1 Å². The fourth-order valence-electron chi connectivity index (χ4n) is 3.04. The minimum Gasteiger partial charge on any atom is -0.496 e. The van der Waals surface area contributed by atoms with Crippen molar-refractivity contribution in [2.24, 2.45) is 0 Å². The Hall–Kier alpha value is -2.39. The van der Waals surface area contributed by atoms with Crippen LogP contribution >= 0.6 is 11.8 Å². The Balaban J connectivity index is 1.86. The van der Waals surface area contributed by atoms with Crippen molar-refractivity contribution in [2.45, 2.75) is 19.3 Å². The Morgan fingerprint density at radius 2 is 2.04 bits per heavy atom. The van der Waals surface area contributed by atoms with E-state index in [0.29, 0.717) is 10.7 Å². The molecule has 2 aliphatic heterocycles. The minimum atomic E-state index is -0.352. The number of ether oxygens (including phenoxy) is 1. The number of nitrogens with zero attached hydrogens (tertiary/aromatic N) is 2. The van der Waals surface area contributed by atoms with Crippen molar-refractivity contribution in [1.82, 2.24) is 4.90 Å². The third-order valence-electron chi connectivity index (χ3n) is 4.35. The molecule has 0 N–H and O–H groups in total. The summed E-state index contributed by atoms with van der Waals surface area (Å²) < 4.78 is 5.50. The van der Waals surface area contributed by atoms with Gasteiger partial charge in [0.05, 0.1) is 18.6 Å². The van der Waals surface area contributed by atoms with E-state index in [1.54, 1.807) is 13.2 Å². The summed E-state index contributed by atoms with van der Waals surface area (Å²) in [6.45, 7) is 2.09. The zero-order valence-corrected chi connectivity index (χ0v) is 15.0. The van der Waals surface area contributed by atoms with Gasteiger partial charge in [0.25, 0.3) is 11.1 Å². The van der Waals surface area contributed by atoms with Crippen molar-refractivity contribution in [2.75, 3.05) is 31.6 Å². The molecule has 2 aliphatic rings. The van der Waals surface area contributed by atoms with Crippen LogP contribution in [0.3, 0.4) is 0 Å². The van der Waals surface area contributed by atoms with E-state index < -0.39 is 0 Å². The first-order valence-electron chi connectivity index (χ1n) is 8.26. The standard InChI is InChI=1S/C19H20N2O3S/c1-3-9-21-18(22)17(25-19(21)23)12-14-7-8-15(13-16(14)24-2)20-10-5-4-6-11-20/h1,7-8,12-13H,4-6,9-11H2,2H3/b17-12-. The molecule has 0 radical (unpaired) electrons. The predicted molar refractivity (Wildman–Crippen MR) is 101 cm³/mol. The van der Waals surface area contributed by atoms with Crippen molar-refractivity contribution in [1.29, 1.82) is 0 Å². The lowest BCUT2D eigenvalue weighted by Gasteiger charge is -2.29. The summed E-state index contributed by atoms with van der Waals surface area (Å²) in [6.07, 6.45) is 10.6. The predicted octanol–water partition coefficient (Wildman–Crippen LogP) is 3.36. The van der Waals surface area contributed by atoms with Crippen LogP contribution in [0.4, 0.5) is 10.5 Å². The van der Waals surface area contributed by atoms with Crippen LogP contribution in [0.2, 0.25) is 0 Å². The topological polar surface area (TPSA) is 49.9 Å². The number of piperidine rings is 1. The van der Waals surface area contributed by atoms with E-state index in [1.165, 1.54) is 19.3 Å². The lowest BCUT2D eigenvalue weighted by molar-refractivity contribution is -0.122. The number of terminal acetylenes is 1. The van der Waals surface area contributed by atoms with Gasteiger partial charge in [-0.05, 0) is 49.2 Å². The van der Waals surface area contributed by atoms with Gasteiger partial charge >= 0.3 is 0 Å². The van der Waals surface area contributed by atoms with Gasteiger partial charge in [-0.3, -0.25) is 14.5 Å². The minimum absolute atomic E-state index is 0.00691. The highest BCUT2D eigenvalue weighted by molar-refractivity contribution is 8.18. The monoisotopic (exact) mass is 356 g/mol. The zero-order chi connectivity index (χ0) is 17.8. The number of methoxy groups -OCH3 is 1. The van der Waals surface area contributed by atoms with E-state index in [-0.39, 0.29) is 17.7 Å². The number of carbonyl (C=O) groups is 2. The molecule has 2 heterocycles. The van der Waals surface area contributed by atoms with Crippen LogP contribution in [0.1, 0.15) is 24.8 Å². The average Bonchev–Trinajstić information content (AvgIpc) is 2.90. The summed E-state index contributed by atoms with van der Waals surface area (Å²) in [4.78, 5) is 28.0. The summed E-state index contributed by atoms with van der Waals surface area (Å²) in [7, 11) is 1.61. The number of imide groups is 1. The first-order chi connectivity index (χ1) is 12.1. The molecule has 25 heavy (non-hydrogen) atoms. The molecule has 0 aliphatic carbocycles. The molecule has 0 bridgehead atoms. The molecule has 1 aromatic rings. The summed E-state index contributed by atoms with van der Waals surface area (Å²) >= 11 is 0.905. The molecular weight excluding hydrogens is 336 g/mol. The summed E-state index contributed by atoms with van der Waals surface area (Å²) in [5.41, 5.74) is 1.89. The van der Waals surface area contributed by atoms with Gasteiger partial charge in [-0.2, -0.15) is 0 Å². The Labute approximate surface area is 152 Å². The van der Waals surface area contributed by atoms with Gasteiger partial charge < -0.3 is 9.64 Å². The molecule has 6 heteroatoms. The maximum Gasteiger partial charge on any atom is 0.294 e. The lowest BCUT2D eigenvalue weighted by atomic mass is 10.1. The molecule has 2 amide bonds. The Morgan fingerprint density at radius 3 is 2.72 bits per heavy atom. The van der Waals surface area contributed by atoms with Crippen LogP contribution in [-0.2, 0) is 4.79 Å². The van der Waals surface area contributed by atoms with Gasteiger partial charge in [0.1, 0.15) is 5.75 Å². The number of rotatable bonds is 4. The fraction of sp³-hybridized carbons (Fsp3) is 0.368. The highest BCUT2D eigenvalue weighted by Crippen LogP contribution is 2.35. The first kappa shape index (κ1) is 17.4.